The number of aromatic hydroxyl groups is 1. The monoisotopic (exact) mass is 397 g/mol. The van der Waals surface area contributed by atoms with E-state index < -0.39 is 11.8 Å². The van der Waals surface area contributed by atoms with Crippen molar-refractivity contribution < 1.29 is 10.2 Å². The number of aliphatic hydroxyl groups is 1. The van der Waals surface area contributed by atoms with Crippen LogP contribution in [0.2, 0.25) is 0 Å². The fourth-order valence-corrected chi connectivity index (χ4v) is 3.72. The maximum atomic E-state index is 11.4. The molecule has 0 aromatic carbocycles. The summed E-state index contributed by atoms with van der Waals surface area (Å²) in [5.41, 5.74) is 1.01. The van der Waals surface area contributed by atoms with E-state index in [1.54, 1.807) is 16.8 Å². The molecule has 29 heavy (non-hydrogen) atoms. The van der Waals surface area contributed by atoms with Gasteiger partial charge in [-0.15, -0.1) is 0 Å². The average Bonchev–Trinajstić information content (AvgIpc) is 3.18. The summed E-state index contributed by atoms with van der Waals surface area (Å²) in [6, 6.07) is 1.81. The molecule has 10 nitrogen and oxygen atoms in total. The average molecular weight is 397 g/mol. The highest BCUT2D eigenvalue weighted by molar-refractivity contribution is 5.58. The summed E-state index contributed by atoms with van der Waals surface area (Å²) in [7, 11) is 0. The van der Waals surface area contributed by atoms with Gasteiger partial charge in [-0.3, -0.25) is 9.98 Å². The van der Waals surface area contributed by atoms with Gasteiger partial charge in [-0.2, -0.15) is 9.61 Å². The lowest BCUT2D eigenvalue weighted by Crippen LogP contribution is -2.30. The molecule has 2 fully saturated rings. The van der Waals surface area contributed by atoms with E-state index in [-0.39, 0.29) is 17.6 Å². The highest BCUT2D eigenvalue weighted by Crippen LogP contribution is 2.28. The van der Waals surface area contributed by atoms with Crippen LogP contribution in [-0.2, 0) is 0 Å². The summed E-state index contributed by atoms with van der Waals surface area (Å²) >= 11 is 0. The number of aromatic amines is 2. The van der Waals surface area contributed by atoms with E-state index in [9.17, 15) is 15.0 Å². The van der Waals surface area contributed by atoms with Crippen molar-refractivity contribution in [2.45, 2.75) is 44.2 Å². The Bertz CT molecular complexity index is 1220. The Kier molecular flexibility index (Phi) is 4.35. The van der Waals surface area contributed by atoms with Crippen molar-refractivity contribution in [1.82, 2.24) is 24.6 Å². The van der Waals surface area contributed by atoms with Crippen LogP contribution in [0.1, 0.15) is 37.8 Å². The van der Waals surface area contributed by atoms with Gasteiger partial charge in [0.1, 0.15) is 11.5 Å². The first-order valence-corrected chi connectivity index (χ1v) is 9.94. The SMILES string of the molecule is O=c1[nH]c(O)c(C=c2cnn3c(=NCC4CC4)cc(N[C@H]4CCC[C@@H]4O)nc23)[nH]1. The van der Waals surface area contributed by atoms with Crippen LogP contribution in [0.15, 0.2) is 22.1 Å². The van der Waals surface area contributed by atoms with Crippen LogP contribution in [0.5, 0.6) is 5.88 Å². The van der Waals surface area contributed by atoms with Crippen molar-refractivity contribution in [1.29, 1.82) is 0 Å². The van der Waals surface area contributed by atoms with E-state index in [0.717, 1.165) is 25.8 Å². The standard InChI is InChI=1S/C19H23N7O3/c27-14-3-1-2-12(14)22-15-7-16(20-8-10-4-5-10)26-17(24-15)11(9-21-26)6-13-18(28)25-19(29)23-13/h6-7,9-10,12,14,22,27-28H,1-5,8H2,(H2,23,25,29)/t12-,14-/m0/s1. The molecule has 5 rings (SSSR count). The number of H-pyrrole nitrogens is 2. The quantitative estimate of drug-likeness (QED) is 0.398. The first-order valence-electron chi connectivity index (χ1n) is 9.94. The first kappa shape index (κ1) is 17.9. The van der Waals surface area contributed by atoms with Crippen LogP contribution in [0.3, 0.4) is 0 Å². The zero-order chi connectivity index (χ0) is 20.0. The van der Waals surface area contributed by atoms with Crippen LogP contribution in [0.4, 0.5) is 5.82 Å². The second-order valence-electron chi connectivity index (χ2n) is 7.85. The molecule has 3 aromatic heterocycles. The van der Waals surface area contributed by atoms with Gasteiger partial charge in [0.05, 0.1) is 18.3 Å². The number of hydrogen-bond acceptors (Lipinski definition) is 7. The predicted molar refractivity (Wildman–Crippen MR) is 105 cm³/mol. The maximum Gasteiger partial charge on any atom is 0.326 e. The lowest BCUT2D eigenvalue weighted by atomic mass is 10.2. The van der Waals surface area contributed by atoms with Gasteiger partial charge in [0, 0.05) is 17.8 Å². The van der Waals surface area contributed by atoms with Gasteiger partial charge >= 0.3 is 5.69 Å². The van der Waals surface area contributed by atoms with Crippen molar-refractivity contribution >= 4 is 17.5 Å². The van der Waals surface area contributed by atoms with E-state index in [1.807, 2.05) is 6.07 Å². The molecule has 0 saturated heterocycles. The van der Waals surface area contributed by atoms with Gasteiger partial charge in [-0.05, 0) is 44.1 Å². The summed E-state index contributed by atoms with van der Waals surface area (Å²) in [5.74, 6) is 1.02. The molecule has 2 aliphatic rings. The van der Waals surface area contributed by atoms with Crippen molar-refractivity contribution in [3.05, 3.63) is 39.1 Å². The number of nitrogens with zero attached hydrogens (tertiary/aromatic N) is 4. The van der Waals surface area contributed by atoms with Crippen molar-refractivity contribution in [2.75, 3.05) is 11.9 Å². The number of hydrogen-bond donors (Lipinski definition) is 5. The molecule has 10 heteroatoms. The van der Waals surface area contributed by atoms with Crippen molar-refractivity contribution in [2.24, 2.45) is 10.9 Å². The second kappa shape index (κ2) is 7.03. The molecule has 5 N–H and O–H groups in total. The molecule has 0 aliphatic heterocycles. The van der Waals surface area contributed by atoms with E-state index in [2.05, 4.69) is 25.4 Å². The fourth-order valence-electron chi connectivity index (χ4n) is 3.72. The minimum Gasteiger partial charge on any atom is -0.493 e. The molecule has 0 amide bonds. The number of anilines is 1. The normalized spacial score (nSPS) is 23.3. The van der Waals surface area contributed by atoms with E-state index in [4.69, 9.17) is 4.99 Å². The largest absolute Gasteiger partial charge is 0.493 e. The van der Waals surface area contributed by atoms with Gasteiger partial charge < -0.3 is 20.5 Å². The fraction of sp³-hybridized carbons (Fsp3) is 0.474. The molecule has 2 aliphatic carbocycles. The Morgan fingerprint density at radius 3 is 2.86 bits per heavy atom. The molecule has 3 heterocycles. The third-order valence-corrected chi connectivity index (χ3v) is 5.54. The van der Waals surface area contributed by atoms with Crippen molar-refractivity contribution in [3.8, 4) is 5.88 Å². The molecule has 3 aromatic rings. The Morgan fingerprint density at radius 2 is 2.17 bits per heavy atom. The van der Waals surface area contributed by atoms with Crippen molar-refractivity contribution in [3.63, 3.8) is 0 Å². The number of nitrogens with one attached hydrogen (secondary N) is 3. The van der Waals surface area contributed by atoms with Crippen LogP contribution >= 0.6 is 0 Å². The number of imidazole rings is 1. The predicted octanol–water partition coefficient (Wildman–Crippen LogP) is -0.365. The third-order valence-electron chi connectivity index (χ3n) is 5.54. The van der Waals surface area contributed by atoms with Gasteiger partial charge in [0.25, 0.3) is 0 Å². The topological polar surface area (TPSA) is 144 Å². The summed E-state index contributed by atoms with van der Waals surface area (Å²) in [4.78, 5) is 25.6. The van der Waals surface area contributed by atoms with Crippen LogP contribution in [0.25, 0.3) is 11.7 Å². The highest BCUT2D eigenvalue weighted by atomic mass is 16.3. The maximum absolute atomic E-state index is 11.4. The summed E-state index contributed by atoms with van der Waals surface area (Å²) in [6.07, 6.45) is 7.90. The number of aliphatic hydroxyl groups excluding tert-OH is 1. The third kappa shape index (κ3) is 3.63. The molecule has 0 unspecified atom stereocenters. The molecule has 0 bridgehead atoms. The Balaban J connectivity index is 1.62. The minimum atomic E-state index is -0.490. The smallest absolute Gasteiger partial charge is 0.326 e. The second-order valence-corrected chi connectivity index (χ2v) is 7.85. The molecule has 2 saturated carbocycles. The summed E-state index contributed by atoms with van der Waals surface area (Å²) in [6.45, 7) is 0.745. The van der Waals surface area contributed by atoms with Crippen LogP contribution < -0.4 is 21.7 Å². The lowest BCUT2D eigenvalue weighted by Gasteiger charge is -2.17. The Labute approximate surface area is 165 Å². The Morgan fingerprint density at radius 1 is 1.31 bits per heavy atom. The summed E-state index contributed by atoms with van der Waals surface area (Å²) in [5, 5.41) is 28.4. The molecular weight excluding hydrogens is 374 g/mol. The van der Waals surface area contributed by atoms with E-state index >= 15 is 0 Å². The number of aromatic nitrogens is 5. The number of rotatable bonds is 5. The highest BCUT2D eigenvalue weighted by Gasteiger charge is 2.25. The molecule has 152 valence electrons. The number of fused-ring (bicyclic) bond motifs is 1. The summed E-state index contributed by atoms with van der Waals surface area (Å²) < 4.78 is 1.66. The molecule has 0 spiro atoms. The lowest BCUT2D eigenvalue weighted by molar-refractivity contribution is 0.171. The zero-order valence-corrected chi connectivity index (χ0v) is 15.8. The van der Waals surface area contributed by atoms with Crippen LogP contribution in [0, 0.1) is 5.92 Å². The van der Waals surface area contributed by atoms with E-state index in [1.165, 1.54) is 12.8 Å². The zero-order valence-electron chi connectivity index (χ0n) is 15.8. The Hall–Kier alpha value is -3.14. The minimum absolute atomic E-state index is 0.0401. The van der Waals surface area contributed by atoms with Gasteiger partial charge in [-0.25, -0.2) is 9.78 Å². The van der Waals surface area contributed by atoms with Gasteiger partial charge in [-0.1, -0.05) is 0 Å². The van der Waals surface area contributed by atoms with Gasteiger partial charge in [0.15, 0.2) is 11.1 Å². The van der Waals surface area contributed by atoms with Crippen LogP contribution in [-0.4, -0.2) is 53.5 Å². The van der Waals surface area contributed by atoms with Gasteiger partial charge in [0.2, 0.25) is 5.88 Å². The molecular formula is C19H23N7O3. The molecule has 2 atom stereocenters. The first-order chi connectivity index (χ1) is 14.1. The molecule has 0 radical (unpaired) electrons. The van der Waals surface area contributed by atoms with E-state index in [0.29, 0.717) is 28.1 Å².